The smallest absolute Gasteiger partial charge is 0.220 e. The third-order valence-corrected chi connectivity index (χ3v) is 5.40. The highest BCUT2D eigenvalue weighted by Gasteiger charge is 2.28. The zero-order chi connectivity index (χ0) is 14.7. The lowest BCUT2D eigenvalue weighted by atomic mass is 9.96. The average molecular weight is 306 g/mol. The summed E-state index contributed by atoms with van der Waals surface area (Å²) in [5, 5.41) is 11.3. The van der Waals surface area contributed by atoms with Crippen molar-refractivity contribution in [3.05, 3.63) is 35.9 Å². The molecule has 1 heterocycles. The Morgan fingerprint density at radius 2 is 1.81 bits per heavy atom. The molecular formula is C14H18N4O2S. The number of nitrogens with zero attached hydrogens (tertiary/aromatic N) is 4. The van der Waals surface area contributed by atoms with Gasteiger partial charge in [0.15, 0.2) is 0 Å². The summed E-state index contributed by atoms with van der Waals surface area (Å²) in [5.74, 6) is -0.0685. The van der Waals surface area contributed by atoms with Crippen molar-refractivity contribution < 1.29 is 8.42 Å². The van der Waals surface area contributed by atoms with Crippen molar-refractivity contribution in [1.82, 2.24) is 20.2 Å². The van der Waals surface area contributed by atoms with E-state index in [1.807, 2.05) is 18.2 Å². The largest absolute Gasteiger partial charge is 0.268 e. The molecule has 0 unspecified atom stereocenters. The minimum atomic E-state index is -3.52. The third kappa shape index (κ3) is 3.12. The first-order valence-electron chi connectivity index (χ1n) is 7.21. The molecule has 1 saturated carbocycles. The van der Waals surface area contributed by atoms with E-state index in [1.165, 1.54) is 11.1 Å². The van der Waals surface area contributed by atoms with Crippen LogP contribution in [0.2, 0.25) is 0 Å². The van der Waals surface area contributed by atoms with Gasteiger partial charge in [0, 0.05) is 0 Å². The second-order valence-electron chi connectivity index (χ2n) is 5.44. The van der Waals surface area contributed by atoms with Crippen LogP contribution >= 0.6 is 0 Å². The Morgan fingerprint density at radius 1 is 1.10 bits per heavy atom. The van der Waals surface area contributed by atoms with Crippen LogP contribution in [0.1, 0.15) is 43.7 Å². The van der Waals surface area contributed by atoms with E-state index in [1.54, 1.807) is 12.1 Å². The van der Waals surface area contributed by atoms with E-state index in [0.717, 1.165) is 31.2 Å². The SMILES string of the molecule is O=S(=O)(Cc1ccccc1)c1nnnn1C1CCCCC1. The van der Waals surface area contributed by atoms with Gasteiger partial charge in [0.05, 0.1) is 11.8 Å². The van der Waals surface area contributed by atoms with Crippen LogP contribution in [0.15, 0.2) is 35.5 Å². The van der Waals surface area contributed by atoms with Crippen molar-refractivity contribution in [1.29, 1.82) is 0 Å². The summed E-state index contributed by atoms with van der Waals surface area (Å²) in [6.07, 6.45) is 5.29. The molecule has 1 fully saturated rings. The average Bonchev–Trinajstić information content (AvgIpc) is 2.99. The number of aromatic nitrogens is 4. The van der Waals surface area contributed by atoms with Gasteiger partial charge in [0.25, 0.3) is 5.16 Å². The monoisotopic (exact) mass is 306 g/mol. The van der Waals surface area contributed by atoms with Gasteiger partial charge in [-0.1, -0.05) is 54.7 Å². The molecule has 0 saturated heterocycles. The lowest BCUT2D eigenvalue weighted by molar-refractivity contribution is 0.305. The van der Waals surface area contributed by atoms with Crippen molar-refractivity contribution in [2.45, 2.75) is 49.1 Å². The molecule has 0 amide bonds. The van der Waals surface area contributed by atoms with Crippen molar-refractivity contribution in [3.63, 3.8) is 0 Å². The Morgan fingerprint density at radius 3 is 2.52 bits per heavy atom. The number of rotatable bonds is 4. The number of hydrogen-bond acceptors (Lipinski definition) is 5. The summed E-state index contributed by atoms with van der Waals surface area (Å²) >= 11 is 0. The molecule has 0 aliphatic heterocycles. The second-order valence-corrected chi connectivity index (χ2v) is 7.33. The minimum Gasteiger partial charge on any atom is -0.220 e. The first-order chi connectivity index (χ1) is 10.2. The summed E-state index contributed by atoms with van der Waals surface area (Å²) in [4.78, 5) is 0. The molecule has 2 aromatic rings. The number of tetrazole rings is 1. The predicted octanol–water partition coefficient (Wildman–Crippen LogP) is 2.15. The molecule has 1 aromatic heterocycles. The zero-order valence-electron chi connectivity index (χ0n) is 11.7. The molecule has 112 valence electrons. The predicted molar refractivity (Wildman–Crippen MR) is 77.3 cm³/mol. The van der Waals surface area contributed by atoms with Crippen LogP contribution in [0.4, 0.5) is 0 Å². The molecule has 6 nitrogen and oxygen atoms in total. The van der Waals surface area contributed by atoms with Gasteiger partial charge in [-0.05, 0) is 28.8 Å². The molecule has 0 bridgehead atoms. The normalized spacial score (nSPS) is 17.0. The van der Waals surface area contributed by atoms with Crippen molar-refractivity contribution in [2.75, 3.05) is 0 Å². The lowest BCUT2D eigenvalue weighted by Crippen LogP contribution is -2.20. The molecule has 0 spiro atoms. The maximum Gasteiger partial charge on any atom is 0.268 e. The van der Waals surface area contributed by atoms with Crippen molar-refractivity contribution >= 4 is 9.84 Å². The fraction of sp³-hybridized carbons (Fsp3) is 0.500. The van der Waals surface area contributed by atoms with Gasteiger partial charge in [-0.15, -0.1) is 0 Å². The highest BCUT2D eigenvalue weighted by molar-refractivity contribution is 7.90. The molecule has 0 radical (unpaired) electrons. The maximum atomic E-state index is 12.6. The van der Waals surface area contributed by atoms with Crippen LogP contribution < -0.4 is 0 Å². The Balaban J connectivity index is 1.87. The van der Waals surface area contributed by atoms with Crippen LogP contribution in [-0.2, 0) is 15.6 Å². The van der Waals surface area contributed by atoms with Crippen LogP contribution in [0, 0.1) is 0 Å². The maximum absolute atomic E-state index is 12.6. The number of hydrogen-bond donors (Lipinski definition) is 0. The molecule has 1 aliphatic carbocycles. The number of sulfone groups is 1. The molecule has 1 aliphatic rings. The lowest BCUT2D eigenvalue weighted by Gasteiger charge is -2.22. The van der Waals surface area contributed by atoms with Gasteiger partial charge in [0.2, 0.25) is 9.84 Å². The Kier molecular flexibility index (Phi) is 4.01. The van der Waals surface area contributed by atoms with Gasteiger partial charge < -0.3 is 0 Å². The van der Waals surface area contributed by atoms with Crippen LogP contribution in [0.5, 0.6) is 0 Å². The fourth-order valence-electron chi connectivity index (χ4n) is 2.80. The van der Waals surface area contributed by atoms with Crippen LogP contribution in [0.3, 0.4) is 0 Å². The summed E-state index contributed by atoms with van der Waals surface area (Å²) in [5.41, 5.74) is 0.746. The summed E-state index contributed by atoms with van der Waals surface area (Å²) in [6.45, 7) is 0. The molecule has 7 heteroatoms. The van der Waals surface area contributed by atoms with Gasteiger partial charge in [-0.2, -0.15) is 0 Å². The third-order valence-electron chi connectivity index (χ3n) is 3.86. The molecule has 3 rings (SSSR count). The topological polar surface area (TPSA) is 77.7 Å². The Labute approximate surface area is 124 Å². The van der Waals surface area contributed by atoms with E-state index >= 15 is 0 Å². The Hall–Kier alpha value is -1.76. The first kappa shape index (κ1) is 14.2. The summed E-state index contributed by atoms with van der Waals surface area (Å²) < 4.78 is 26.6. The van der Waals surface area contributed by atoms with E-state index in [9.17, 15) is 8.42 Å². The molecular weight excluding hydrogens is 288 g/mol. The Bertz CT molecular complexity index is 691. The standard InChI is InChI=1S/C14H18N4O2S/c19-21(20,11-12-7-3-1-4-8-12)14-15-16-17-18(14)13-9-5-2-6-10-13/h1,3-4,7-8,13H,2,5-6,9-11H2. The zero-order valence-corrected chi connectivity index (χ0v) is 12.5. The van der Waals surface area contributed by atoms with Crippen molar-refractivity contribution in [3.8, 4) is 0 Å². The van der Waals surface area contributed by atoms with Crippen LogP contribution in [0.25, 0.3) is 0 Å². The summed E-state index contributed by atoms with van der Waals surface area (Å²) in [6, 6.07) is 9.22. The van der Waals surface area contributed by atoms with Crippen molar-refractivity contribution in [2.24, 2.45) is 0 Å². The minimum absolute atomic E-state index is 0.00162. The van der Waals surface area contributed by atoms with E-state index in [0.29, 0.717) is 0 Å². The van der Waals surface area contributed by atoms with Gasteiger partial charge in [0.1, 0.15) is 0 Å². The number of benzene rings is 1. The first-order valence-corrected chi connectivity index (χ1v) is 8.86. The molecule has 0 N–H and O–H groups in total. The van der Waals surface area contributed by atoms with E-state index in [4.69, 9.17) is 0 Å². The van der Waals surface area contributed by atoms with E-state index in [2.05, 4.69) is 15.5 Å². The van der Waals surface area contributed by atoms with Crippen LogP contribution in [-0.4, -0.2) is 28.6 Å². The molecule has 0 atom stereocenters. The second kappa shape index (κ2) is 5.93. The van der Waals surface area contributed by atoms with E-state index < -0.39 is 9.84 Å². The molecule has 1 aromatic carbocycles. The van der Waals surface area contributed by atoms with E-state index in [-0.39, 0.29) is 17.0 Å². The molecule has 21 heavy (non-hydrogen) atoms. The summed E-state index contributed by atoms with van der Waals surface area (Å²) in [7, 11) is -3.52. The quantitative estimate of drug-likeness (QED) is 0.865. The highest BCUT2D eigenvalue weighted by atomic mass is 32.2. The highest BCUT2D eigenvalue weighted by Crippen LogP contribution is 2.29. The van der Waals surface area contributed by atoms with Gasteiger partial charge in [-0.25, -0.2) is 13.1 Å². The van der Waals surface area contributed by atoms with Gasteiger partial charge in [-0.3, -0.25) is 0 Å². The fourth-order valence-corrected chi connectivity index (χ4v) is 4.20. The van der Waals surface area contributed by atoms with Gasteiger partial charge >= 0.3 is 0 Å².